The molecule has 32 heavy (non-hydrogen) atoms. The van der Waals surface area contributed by atoms with Gasteiger partial charge < -0.3 is 5.73 Å². The molecule has 0 aromatic heterocycles. The van der Waals surface area contributed by atoms with Gasteiger partial charge in [0.1, 0.15) is 0 Å². The lowest BCUT2D eigenvalue weighted by atomic mass is 9.60. The number of primary amides is 1. The first kappa shape index (κ1) is 23.1. The van der Waals surface area contributed by atoms with Crippen LogP contribution in [0, 0.1) is 29.1 Å². The summed E-state index contributed by atoms with van der Waals surface area (Å²) in [5, 5.41) is 4.21. The largest absolute Gasteiger partial charge is 0.350 e. The Balaban J connectivity index is 1.55. The maximum absolute atomic E-state index is 11.0. The van der Waals surface area contributed by atoms with Crippen molar-refractivity contribution in [1.82, 2.24) is 5.43 Å². The molecular weight excluding hydrogens is 394 g/mol. The number of amides is 2. The van der Waals surface area contributed by atoms with Gasteiger partial charge in [0.2, 0.25) is 0 Å². The van der Waals surface area contributed by atoms with Gasteiger partial charge in [-0.2, -0.15) is 5.10 Å². The summed E-state index contributed by atoms with van der Waals surface area (Å²) in [6.07, 6.45) is 12.9. The maximum Gasteiger partial charge on any atom is 0.332 e. The summed E-state index contributed by atoms with van der Waals surface area (Å²) < 4.78 is 0. The molecule has 3 aliphatic rings. The quantitative estimate of drug-likeness (QED) is 0.424. The van der Waals surface area contributed by atoms with E-state index in [0.717, 1.165) is 30.9 Å². The van der Waals surface area contributed by atoms with E-state index in [-0.39, 0.29) is 0 Å². The van der Waals surface area contributed by atoms with Crippen LogP contribution in [-0.2, 0) is 19.3 Å². The Morgan fingerprint density at radius 3 is 2.62 bits per heavy atom. The van der Waals surface area contributed by atoms with E-state index in [1.165, 1.54) is 31.2 Å². The number of nitrogens with two attached hydrogens (primary N) is 1. The molecule has 0 spiro atoms. The third-order valence-corrected chi connectivity index (χ3v) is 9.05. The highest BCUT2D eigenvalue weighted by Crippen LogP contribution is 2.61. The van der Waals surface area contributed by atoms with Gasteiger partial charge in [0.25, 0.3) is 0 Å². The third-order valence-electron chi connectivity index (χ3n) is 9.05. The molecule has 1 fully saturated rings. The molecule has 5 unspecified atom stereocenters. The van der Waals surface area contributed by atoms with Crippen LogP contribution in [-0.4, -0.2) is 11.7 Å². The second kappa shape index (κ2) is 9.03. The molecule has 0 aliphatic heterocycles. The van der Waals surface area contributed by atoms with Crippen LogP contribution in [0.3, 0.4) is 0 Å². The van der Waals surface area contributed by atoms with Crippen molar-refractivity contribution >= 4 is 11.7 Å². The second-order valence-corrected chi connectivity index (χ2v) is 11.2. The Morgan fingerprint density at radius 2 is 1.91 bits per heavy atom. The number of hydrogen-bond acceptors (Lipinski definition) is 2. The van der Waals surface area contributed by atoms with Gasteiger partial charge in [-0.25, -0.2) is 10.2 Å². The van der Waals surface area contributed by atoms with Gasteiger partial charge >= 0.3 is 6.03 Å². The van der Waals surface area contributed by atoms with Gasteiger partial charge in [-0.15, -0.1) is 0 Å². The van der Waals surface area contributed by atoms with Crippen molar-refractivity contribution in [3.8, 4) is 0 Å². The first-order valence-electron chi connectivity index (χ1n) is 12.6. The van der Waals surface area contributed by atoms with Crippen LogP contribution in [0.2, 0.25) is 0 Å². The second-order valence-electron chi connectivity index (χ2n) is 11.2. The topological polar surface area (TPSA) is 67.5 Å². The molecule has 0 bridgehead atoms. The summed E-state index contributed by atoms with van der Waals surface area (Å²) in [5.41, 5.74) is 15.2. The van der Waals surface area contributed by atoms with Crippen molar-refractivity contribution in [2.75, 3.05) is 0 Å². The van der Waals surface area contributed by atoms with Crippen LogP contribution in [0.4, 0.5) is 4.79 Å². The monoisotopic (exact) mass is 435 g/mol. The van der Waals surface area contributed by atoms with Gasteiger partial charge in [0, 0.05) is 12.1 Å². The molecule has 0 radical (unpaired) electrons. The number of carbonyl (C=O) groups is 1. The van der Waals surface area contributed by atoms with Crippen LogP contribution in [0.15, 0.2) is 29.4 Å². The lowest BCUT2D eigenvalue weighted by Crippen LogP contribution is -2.35. The Bertz CT molecular complexity index is 931. The smallest absolute Gasteiger partial charge is 0.332 e. The summed E-state index contributed by atoms with van der Waals surface area (Å²) in [7, 11) is 0. The number of hydrazone groups is 1. The lowest BCUT2D eigenvalue weighted by molar-refractivity contribution is 0.142. The minimum Gasteiger partial charge on any atom is -0.350 e. The van der Waals surface area contributed by atoms with Crippen molar-refractivity contribution in [2.45, 2.75) is 85.5 Å². The fourth-order valence-electron chi connectivity index (χ4n) is 6.76. The van der Waals surface area contributed by atoms with Crippen LogP contribution in [0.1, 0.15) is 88.5 Å². The van der Waals surface area contributed by atoms with E-state index >= 15 is 0 Å². The number of allylic oxidation sites excluding steroid dienone is 2. The van der Waals surface area contributed by atoms with Crippen LogP contribution < -0.4 is 11.2 Å². The van der Waals surface area contributed by atoms with Gasteiger partial charge in [-0.1, -0.05) is 58.9 Å². The fourth-order valence-corrected chi connectivity index (χ4v) is 6.76. The van der Waals surface area contributed by atoms with E-state index in [9.17, 15) is 4.79 Å². The predicted molar refractivity (Wildman–Crippen MR) is 133 cm³/mol. The zero-order chi connectivity index (χ0) is 23.0. The van der Waals surface area contributed by atoms with E-state index in [4.69, 9.17) is 5.73 Å². The Hall–Kier alpha value is -2.10. The standard InChI is InChI=1S/C28H41N3O/c1-17(2)18(3)6-7-19(4)25-12-13-26-24-10-8-20-16-21(30-31-27(29)32)9-11-22(20)23(24)14-15-28(25,26)5/h6-8,10,17-19,25-26H,9,11-16H2,1-5H3,(H3,29,31,32)/b7-6+,30-21+. The van der Waals surface area contributed by atoms with Gasteiger partial charge in [-0.05, 0) is 95.8 Å². The molecule has 1 aromatic carbocycles. The first-order chi connectivity index (χ1) is 15.2. The fraction of sp³-hybridized carbons (Fsp3) is 0.643. The summed E-state index contributed by atoms with van der Waals surface area (Å²) in [6.45, 7) is 12.0. The summed E-state index contributed by atoms with van der Waals surface area (Å²) in [4.78, 5) is 11.0. The Morgan fingerprint density at radius 1 is 1.12 bits per heavy atom. The molecule has 4 rings (SSSR count). The molecule has 3 aliphatic carbocycles. The average Bonchev–Trinajstić information content (AvgIpc) is 3.12. The highest BCUT2D eigenvalue weighted by Gasteiger charge is 2.50. The van der Waals surface area contributed by atoms with E-state index < -0.39 is 6.03 Å². The summed E-state index contributed by atoms with van der Waals surface area (Å²) in [5.74, 6) is 3.45. The number of carbonyl (C=O) groups excluding carboxylic acids is 1. The highest BCUT2D eigenvalue weighted by atomic mass is 16.2. The molecule has 0 saturated heterocycles. The first-order valence-corrected chi connectivity index (χ1v) is 12.6. The molecular formula is C28H41N3O. The van der Waals surface area contributed by atoms with Crippen molar-refractivity contribution in [2.24, 2.45) is 39.9 Å². The lowest BCUT2D eigenvalue weighted by Gasteiger charge is -2.44. The number of fused-ring (bicyclic) bond motifs is 5. The molecule has 0 heterocycles. The minimum absolute atomic E-state index is 0.402. The third kappa shape index (κ3) is 4.25. The molecule has 3 N–H and O–H groups in total. The minimum atomic E-state index is -0.591. The zero-order valence-electron chi connectivity index (χ0n) is 20.6. The van der Waals surface area contributed by atoms with Crippen LogP contribution in [0.25, 0.3) is 0 Å². The van der Waals surface area contributed by atoms with Gasteiger partial charge in [-0.3, -0.25) is 0 Å². The molecule has 4 heteroatoms. The Kier molecular flexibility index (Phi) is 6.51. The normalized spacial score (nSPS) is 30.1. The van der Waals surface area contributed by atoms with Crippen molar-refractivity contribution < 1.29 is 4.79 Å². The van der Waals surface area contributed by atoms with E-state index in [1.54, 1.807) is 16.7 Å². The maximum atomic E-state index is 11.0. The van der Waals surface area contributed by atoms with E-state index in [0.29, 0.717) is 29.1 Å². The number of benzene rings is 1. The van der Waals surface area contributed by atoms with Crippen molar-refractivity contribution in [3.63, 3.8) is 0 Å². The SMILES string of the molecule is CC(C)C(C)/C=C/C(C)C1CCC2c3ccc4c(c3CCC21C)CC/C(=N\NC(N)=O)C4. The molecule has 2 amide bonds. The van der Waals surface area contributed by atoms with E-state index in [1.807, 2.05) is 0 Å². The average molecular weight is 436 g/mol. The number of hydrogen-bond donors (Lipinski definition) is 2. The van der Waals surface area contributed by atoms with E-state index in [2.05, 4.69) is 69.4 Å². The van der Waals surface area contributed by atoms with Gasteiger partial charge in [0.15, 0.2) is 0 Å². The van der Waals surface area contributed by atoms with Crippen LogP contribution >= 0.6 is 0 Å². The molecule has 1 aromatic rings. The molecule has 1 saturated carbocycles. The van der Waals surface area contributed by atoms with Crippen LogP contribution in [0.5, 0.6) is 0 Å². The molecule has 5 atom stereocenters. The Labute approximate surface area is 194 Å². The van der Waals surface area contributed by atoms with Gasteiger partial charge in [0.05, 0.1) is 0 Å². The van der Waals surface area contributed by atoms with Crippen molar-refractivity contribution in [3.05, 3.63) is 46.5 Å². The molecule has 4 nitrogen and oxygen atoms in total. The number of urea groups is 1. The molecule has 174 valence electrons. The number of nitrogens with zero attached hydrogens (tertiary/aromatic N) is 1. The summed E-state index contributed by atoms with van der Waals surface area (Å²) >= 11 is 0. The zero-order valence-corrected chi connectivity index (χ0v) is 20.6. The number of nitrogens with one attached hydrogen (secondary N) is 1. The predicted octanol–water partition coefficient (Wildman–Crippen LogP) is 6.13. The van der Waals surface area contributed by atoms with Crippen molar-refractivity contribution in [1.29, 1.82) is 0 Å². The highest BCUT2D eigenvalue weighted by molar-refractivity contribution is 5.89. The number of rotatable bonds is 5. The summed E-state index contributed by atoms with van der Waals surface area (Å²) in [6, 6.07) is 4.16.